The Bertz CT molecular complexity index is 577. The van der Waals surface area contributed by atoms with Gasteiger partial charge in [0.25, 0.3) is 5.91 Å². The molecule has 102 valence electrons. The topological polar surface area (TPSA) is 69.5 Å². The third-order valence-electron chi connectivity index (χ3n) is 3.80. The van der Waals surface area contributed by atoms with E-state index in [2.05, 4.69) is 4.98 Å². The van der Waals surface area contributed by atoms with Crippen LogP contribution in [-0.2, 0) is 0 Å². The lowest BCUT2D eigenvalue weighted by atomic mass is 9.96. The van der Waals surface area contributed by atoms with Crippen LogP contribution < -0.4 is 0 Å². The molecule has 1 atom stereocenters. The molecule has 1 saturated heterocycles. The Kier molecular flexibility index (Phi) is 2.67. The number of aliphatic hydroxyl groups is 1. The summed E-state index contributed by atoms with van der Waals surface area (Å²) in [6, 6.07) is 3.38. The Morgan fingerprint density at radius 1 is 1.58 bits per heavy atom. The van der Waals surface area contributed by atoms with Gasteiger partial charge in [-0.2, -0.15) is 0 Å². The zero-order valence-electron chi connectivity index (χ0n) is 11.1. The lowest BCUT2D eigenvalue weighted by molar-refractivity contribution is 0.000155. The SMILES string of the molecule is CC(C)(O)C1CCCN1C(=O)c1cc2occc2[nH]1. The number of nitrogens with one attached hydrogen (secondary N) is 1. The molecule has 1 unspecified atom stereocenters. The Morgan fingerprint density at radius 3 is 3.05 bits per heavy atom. The molecule has 1 fully saturated rings. The van der Waals surface area contributed by atoms with Crippen molar-refractivity contribution in [2.75, 3.05) is 6.54 Å². The highest BCUT2D eigenvalue weighted by molar-refractivity contribution is 5.97. The average molecular weight is 262 g/mol. The van der Waals surface area contributed by atoms with Gasteiger partial charge in [-0.25, -0.2) is 0 Å². The molecule has 0 radical (unpaired) electrons. The molecule has 5 heteroatoms. The van der Waals surface area contributed by atoms with Crippen LogP contribution in [0.4, 0.5) is 0 Å². The smallest absolute Gasteiger partial charge is 0.270 e. The van der Waals surface area contributed by atoms with Gasteiger partial charge in [-0.05, 0) is 26.7 Å². The summed E-state index contributed by atoms with van der Waals surface area (Å²) < 4.78 is 5.25. The van der Waals surface area contributed by atoms with E-state index in [1.54, 1.807) is 37.1 Å². The number of likely N-dealkylation sites (tertiary alicyclic amines) is 1. The largest absolute Gasteiger partial charge is 0.463 e. The lowest BCUT2D eigenvalue weighted by Gasteiger charge is -2.33. The second kappa shape index (κ2) is 4.13. The van der Waals surface area contributed by atoms with Crippen LogP contribution in [0.2, 0.25) is 0 Å². The molecule has 0 aliphatic carbocycles. The predicted octanol–water partition coefficient (Wildman–Crippen LogP) is 2.14. The van der Waals surface area contributed by atoms with Gasteiger partial charge in [-0.1, -0.05) is 0 Å². The molecule has 0 saturated carbocycles. The molecule has 0 spiro atoms. The number of aromatic nitrogens is 1. The summed E-state index contributed by atoms with van der Waals surface area (Å²) in [6.07, 6.45) is 3.36. The number of carbonyl (C=O) groups is 1. The van der Waals surface area contributed by atoms with E-state index in [0.717, 1.165) is 18.4 Å². The summed E-state index contributed by atoms with van der Waals surface area (Å²) >= 11 is 0. The summed E-state index contributed by atoms with van der Waals surface area (Å²) in [6.45, 7) is 4.20. The van der Waals surface area contributed by atoms with E-state index >= 15 is 0 Å². The highest BCUT2D eigenvalue weighted by atomic mass is 16.3. The number of nitrogens with zero attached hydrogens (tertiary/aromatic N) is 1. The quantitative estimate of drug-likeness (QED) is 0.871. The summed E-state index contributed by atoms with van der Waals surface area (Å²) in [4.78, 5) is 17.3. The van der Waals surface area contributed by atoms with Crippen molar-refractivity contribution >= 4 is 17.0 Å². The molecule has 0 aromatic carbocycles. The first-order valence-electron chi connectivity index (χ1n) is 6.56. The number of furan rings is 1. The molecule has 19 heavy (non-hydrogen) atoms. The van der Waals surface area contributed by atoms with E-state index in [1.165, 1.54) is 0 Å². The van der Waals surface area contributed by atoms with E-state index < -0.39 is 5.60 Å². The molecule has 2 aromatic rings. The van der Waals surface area contributed by atoms with Gasteiger partial charge in [0, 0.05) is 18.7 Å². The zero-order chi connectivity index (χ0) is 13.6. The number of H-pyrrole nitrogens is 1. The van der Waals surface area contributed by atoms with Crippen LogP contribution in [0.3, 0.4) is 0 Å². The highest BCUT2D eigenvalue weighted by Gasteiger charge is 2.39. The summed E-state index contributed by atoms with van der Waals surface area (Å²) in [5, 5.41) is 10.2. The molecular formula is C14H18N2O3. The fourth-order valence-electron chi connectivity index (χ4n) is 2.86. The van der Waals surface area contributed by atoms with Crippen molar-refractivity contribution in [1.29, 1.82) is 0 Å². The van der Waals surface area contributed by atoms with Crippen molar-refractivity contribution in [1.82, 2.24) is 9.88 Å². The third-order valence-corrected chi connectivity index (χ3v) is 3.80. The van der Waals surface area contributed by atoms with E-state index in [0.29, 0.717) is 17.8 Å². The van der Waals surface area contributed by atoms with E-state index in [4.69, 9.17) is 4.42 Å². The van der Waals surface area contributed by atoms with Crippen LogP contribution >= 0.6 is 0 Å². The minimum absolute atomic E-state index is 0.0731. The Balaban J connectivity index is 1.89. The van der Waals surface area contributed by atoms with E-state index in [9.17, 15) is 9.90 Å². The number of hydrogen-bond donors (Lipinski definition) is 2. The molecule has 3 rings (SSSR count). The fraction of sp³-hybridized carbons (Fsp3) is 0.500. The van der Waals surface area contributed by atoms with E-state index in [-0.39, 0.29) is 11.9 Å². The van der Waals surface area contributed by atoms with Crippen molar-refractivity contribution in [3.8, 4) is 0 Å². The van der Waals surface area contributed by atoms with Gasteiger partial charge in [-0.15, -0.1) is 0 Å². The van der Waals surface area contributed by atoms with Crippen molar-refractivity contribution < 1.29 is 14.3 Å². The molecule has 0 bridgehead atoms. The third kappa shape index (κ3) is 2.04. The van der Waals surface area contributed by atoms with Crippen molar-refractivity contribution in [2.45, 2.75) is 38.3 Å². The number of aromatic amines is 1. The molecule has 1 amide bonds. The summed E-state index contributed by atoms with van der Waals surface area (Å²) in [7, 11) is 0. The number of amides is 1. The predicted molar refractivity (Wildman–Crippen MR) is 70.9 cm³/mol. The van der Waals surface area contributed by atoms with Gasteiger partial charge in [0.15, 0.2) is 5.58 Å². The Labute approximate surface area is 111 Å². The van der Waals surface area contributed by atoms with Crippen LogP contribution in [-0.4, -0.2) is 39.1 Å². The average Bonchev–Trinajstić information content (AvgIpc) is 3.01. The number of carbonyl (C=O) groups excluding carboxylic acids is 1. The van der Waals surface area contributed by atoms with Crippen molar-refractivity contribution in [3.63, 3.8) is 0 Å². The normalized spacial score (nSPS) is 20.4. The monoisotopic (exact) mass is 262 g/mol. The van der Waals surface area contributed by atoms with Gasteiger partial charge >= 0.3 is 0 Å². The fourth-order valence-corrected chi connectivity index (χ4v) is 2.86. The molecule has 2 aromatic heterocycles. The van der Waals surface area contributed by atoms with E-state index in [1.807, 2.05) is 0 Å². The molecular weight excluding hydrogens is 244 g/mol. The maximum atomic E-state index is 12.5. The molecule has 1 aliphatic rings. The van der Waals surface area contributed by atoms with Crippen molar-refractivity contribution in [3.05, 3.63) is 24.1 Å². The van der Waals surface area contributed by atoms with Crippen LogP contribution in [0.25, 0.3) is 11.1 Å². The van der Waals surface area contributed by atoms with Gasteiger partial charge in [0.2, 0.25) is 0 Å². The summed E-state index contributed by atoms with van der Waals surface area (Å²) in [5.41, 5.74) is 1.15. The molecule has 2 N–H and O–H groups in total. The van der Waals surface area contributed by atoms with Gasteiger partial charge in [0.1, 0.15) is 5.69 Å². The molecule has 1 aliphatic heterocycles. The van der Waals surface area contributed by atoms with Gasteiger partial charge in [-0.3, -0.25) is 4.79 Å². The second-order valence-electron chi connectivity index (χ2n) is 5.69. The zero-order valence-corrected chi connectivity index (χ0v) is 11.1. The second-order valence-corrected chi connectivity index (χ2v) is 5.69. The molecule has 5 nitrogen and oxygen atoms in total. The maximum Gasteiger partial charge on any atom is 0.270 e. The van der Waals surface area contributed by atoms with Gasteiger partial charge in [0.05, 0.1) is 23.4 Å². The number of rotatable bonds is 2. The minimum Gasteiger partial charge on any atom is -0.463 e. The lowest BCUT2D eigenvalue weighted by Crippen LogP contribution is -2.48. The Hall–Kier alpha value is -1.75. The van der Waals surface area contributed by atoms with Crippen LogP contribution in [0.5, 0.6) is 0 Å². The maximum absolute atomic E-state index is 12.5. The first-order valence-corrected chi connectivity index (χ1v) is 6.56. The first-order chi connectivity index (χ1) is 8.97. The summed E-state index contributed by atoms with van der Waals surface area (Å²) in [5.74, 6) is -0.0731. The molecule has 3 heterocycles. The van der Waals surface area contributed by atoms with Crippen molar-refractivity contribution in [2.24, 2.45) is 0 Å². The number of hydrogen-bond acceptors (Lipinski definition) is 3. The first kappa shape index (κ1) is 12.3. The van der Waals surface area contributed by atoms with Crippen LogP contribution in [0.1, 0.15) is 37.2 Å². The minimum atomic E-state index is -0.877. The standard InChI is InChI=1S/C14H18N2O3/c1-14(2,18)12-4-3-6-16(12)13(17)10-8-11-9(15-10)5-7-19-11/h5,7-8,12,15,18H,3-4,6H2,1-2H3. The van der Waals surface area contributed by atoms with Crippen LogP contribution in [0, 0.1) is 0 Å². The van der Waals surface area contributed by atoms with Gasteiger partial charge < -0.3 is 19.4 Å². The van der Waals surface area contributed by atoms with Crippen LogP contribution in [0.15, 0.2) is 22.8 Å². The highest BCUT2D eigenvalue weighted by Crippen LogP contribution is 2.28. The number of fused-ring (bicyclic) bond motifs is 1. The Morgan fingerprint density at radius 2 is 2.37 bits per heavy atom.